The zero-order valence-electron chi connectivity index (χ0n) is 15.9. The Morgan fingerprint density at radius 2 is 2.00 bits per heavy atom. The van der Waals surface area contributed by atoms with Gasteiger partial charge in [-0.1, -0.05) is 12.8 Å². The second kappa shape index (κ2) is 7.74. The summed E-state index contributed by atoms with van der Waals surface area (Å²) in [5.41, 5.74) is 4.76. The van der Waals surface area contributed by atoms with E-state index < -0.39 is 0 Å². The van der Waals surface area contributed by atoms with E-state index in [2.05, 4.69) is 33.8 Å². The molecule has 1 saturated carbocycles. The molecule has 2 aromatic rings. The number of rotatable bonds is 5. The maximum Gasteiger partial charge on any atom is 0.134 e. The molecule has 1 aliphatic carbocycles. The highest BCUT2D eigenvalue weighted by molar-refractivity contribution is 5.49. The van der Waals surface area contributed by atoms with Crippen LogP contribution in [0.25, 0.3) is 0 Å². The maximum absolute atomic E-state index is 5.02. The van der Waals surface area contributed by atoms with E-state index in [0.717, 1.165) is 55.4 Å². The lowest BCUT2D eigenvalue weighted by Crippen LogP contribution is -2.22. The molecular weight excluding hydrogens is 324 g/mol. The number of H-pyrrole nitrogens is 1. The molecule has 6 heteroatoms. The Kier molecular flexibility index (Phi) is 5.20. The second-order valence-electron chi connectivity index (χ2n) is 7.88. The van der Waals surface area contributed by atoms with Gasteiger partial charge in [-0.05, 0) is 45.7 Å². The van der Waals surface area contributed by atoms with Gasteiger partial charge in [0.1, 0.15) is 11.6 Å². The van der Waals surface area contributed by atoms with Crippen LogP contribution >= 0.6 is 0 Å². The summed E-state index contributed by atoms with van der Waals surface area (Å²) >= 11 is 0. The fourth-order valence-corrected chi connectivity index (χ4v) is 4.23. The molecule has 0 amide bonds. The highest BCUT2D eigenvalue weighted by Gasteiger charge is 2.24. The second-order valence-corrected chi connectivity index (χ2v) is 7.88. The fourth-order valence-electron chi connectivity index (χ4n) is 4.23. The molecule has 0 unspecified atom stereocenters. The van der Waals surface area contributed by atoms with E-state index in [4.69, 9.17) is 9.97 Å². The van der Waals surface area contributed by atoms with Crippen molar-refractivity contribution >= 4 is 5.82 Å². The Morgan fingerprint density at radius 3 is 2.77 bits per heavy atom. The number of aryl methyl sites for hydroxylation is 1. The largest absolute Gasteiger partial charge is 0.367 e. The number of anilines is 1. The highest BCUT2D eigenvalue weighted by Crippen LogP contribution is 2.34. The van der Waals surface area contributed by atoms with Crippen LogP contribution in [0.3, 0.4) is 0 Å². The minimum Gasteiger partial charge on any atom is -0.367 e. The molecule has 0 aromatic carbocycles. The van der Waals surface area contributed by atoms with Crippen LogP contribution in [0.1, 0.15) is 67.0 Å². The molecule has 0 saturated heterocycles. The van der Waals surface area contributed by atoms with Crippen molar-refractivity contribution in [2.45, 2.75) is 70.8 Å². The standard InChI is InChI=1S/C20H30N6/c1-13(11-16-12-14(2)25-26-16)22-20-17-7-9-21-10-8-18(17)23-19(24-20)15-5-3-4-6-15/h12-13,15,21H,3-11H2,1-2H3,(H,25,26)(H,22,23,24)/t13-/m0/s1. The molecule has 6 nitrogen and oxygen atoms in total. The van der Waals surface area contributed by atoms with E-state index in [9.17, 15) is 0 Å². The van der Waals surface area contributed by atoms with Gasteiger partial charge in [0.2, 0.25) is 0 Å². The number of nitrogens with zero attached hydrogens (tertiary/aromatic N) is 3. The third-order valence-corrected chi connectivity index (χ3v) is 5.58. The Hall–Kier alpha value is -1.95. The van der Waals surface area contributed by atoms with Crippen LogP contribution in [-0.4, -0.2) is 39.3 Å². The summed E-state index contributed by atoms with van der Waals surface area (Å²) in [4.78, 5) is 10.0. The molecule has 0 radical (unpaired) electrons. The Labute approximate surface area is 155 Å². The van der Waals surface area contributed by atoms with Gasteiger partial charge in [-0.25, -0.2) is 9.97 Å². The van der Waals surface area contributed by atoms with Crippen molar-refractivity contribution < 1.29 is 0 Å². The summed E-state index contributed by atoms with van der Waals surface area (Å²) in [6.07, 6.45) is 7.97. The minimum atomic E-state index is 0.282. The predicted molar refractivity (Wildman–Crippen MR) is 104 cm³/mol. The van der Waals surface area contributed by atoms with Crippen LogP contribution in [0, 0.1) is 6.92 Å². The predicted octanol–water partition coefficient (Wildman–Crippen LogP) is 2.90. The van der Waals surface area contributed by atoms with E-state index in [-0.39, 0.29) is 6.04 Å². The van der Waals surface area contributed by atoms with Crippen LogP contribution in [0.5, 0.6) is 0 Å². The molecule has 1 aliphatic heterocycles. The van der Waals surface area contributed by atoms with Crippen molar-refractivity contribution in [2.24, 2.45) is 0 Å². The lowest BCUT2D eigenvalue weighted by atomic mass is 10.0. The average Bonchev–Trinajstić information content (AvgIpc) is 3.22. The van der Waals surface area contributed by atoms with E-state index in [1.54, 1.807) is 0 Å². The van der Waals surface area contributed by atoms with E-state index >= 15 is 0 Å². The first-order valence-corrected chi connectivity index (χ1v) is 10.1. The number of aromatic amines is 1. The van der Waals surface area contributed by atoms with Crippen molar-refractivity contribution in [3.8, 4) is 0 Å². The Morgan fingerprint density at radius 1 is 1.19 bits per heavy atom. The molecule has 3 heterocycles. The van der Waals surface area contributed by atoms with Gasteiger partial charge in [-0.15, -0.1) is 0 Å². The Bertz CT molecular complexity index is 747. The molecule has 140 valence electrons. The summed E-state index contributed by atoms with van der Waals surface area (Å²) in [6, 6.07) is 2.40. The van der Waals surface area contributed by atoms with Crippen LogP contribution in [0.2, 0.25) is 0 Å². The topological polar surface area (TPSA) is 78.5 Å². The molecule has 2 aromatic heterocycles. The monoisotopic (exact) mass is 354 g/mol. The third-order valence-electron chi connectivity index (χ3n) is 5.58. The van der Waals surface area contributed by atoms with Crippen LogP contribution < -0.4 is 10.6 Å². The van der Waals surface area contributed by atoms with Gasteiger partial charge >= 0.3 is 0 Å². The number of aromatic nitrogens is 4. The van der Waals surface area contributed by atoms with Crippen molar-refractivity contribution in [2.75, 3.05) is 18.4 Å². The first-order chi connectivity index (χ1) is 12.7. The molecule has 0 spiro atoms. The average molecular weight is 355 g/mol. The van der Waals surface area contributed by atoms with Gasteiger partial charge in [-0.3, -0.25) is 5.10 Å². The van der Waals surface area contributed by atoms with Crippen molar-refractivity contribution in [1.82, 2.24) is 25.5 Å². The molecule has 26 heavy (non-hydrogen) atoms. The molecule has 4 rings (SSSR count). The van der Waals surface area contributed by atoms with E-state index in [0.29, 0.717) is 5.92 Å². The quantitative estimate of drug-likeness (QED) is 0.769. The number of nitrogens with one attached hydrogen (secondary N) is 3. The first-order valence-electron chi connectivity index (χ1n) is 10.1. The Balaban J connectivity index is 1.58. The normalized spacial score (nSPS) is 19.2. The molecule has 1 atom stereocenters. The lowest BCUT2D eigenvalue weighted by Gasteiger charge is -2.20. The summed E-state index contributed by atoms with van der Waals surface area (Å²) in [6.45, 7) is 6.26. The summed E-state index contributed by atoms with van der Waals surface area (Å²) in [5, 5.41) is 14.6. The van der Waals surface area contributed by atoms with E-state index in [1.807, 2.05) is 6.92 Å². The van der Waals surface area contributed by atoms with E-state index in [1.165, 1.54) is 36.9 Å². The minimum absolute atomic E-state index is 0.282. The number of hydrogen-bond acceptors (Lipinski definition) is 5. The van der Waals surface area contributed by atoms with Crippen molar-refractivity contribution in [3.63, 3.8) is 0 Å². The van der Waals surface area contributed by atoms with Gasteiger partial charge in [-0.2, -0.15) is 5.10 Å². The maximum atomic E-state index is 5.02. The van der Waals surface area contributed by atoms with Gasteiger partial charge in [0.05, 0.1) is 11.4 Å². The highest BCUT2D eigenvalue weighted by atomic mass is 15.1. The smallest absolute Gasteiger partial charge is 0.134 e. The fraction of sp³-hybridized carbons (Fsp3) is 0.650. The third kappa shape index (κ3) is 3.90. The van der Waals surface area contributed by atoms with Gasteiger partial charge in [0.25, 0.3) is 0 Å². The zero-order valence-corrected chi connectivity index (χ0v) is 15.9. The summed E-state index contributed by atoms with van der Waals surface area (Å²) < 4.78 is 0. The summed E-state index contributed by atoms with van der Waals surface area (Å²) in [5.74, 6) is 2.66. The van der Waals surface area contributed by atoms with Gasteiger partial charge < -0.3 is 10.6 Å². The van der Waals surface area contributed by atoms with Crippen molar-refractivity contribution in [3.05, 3.63) is 34.5 Å². The van der Waals surface area contributed by atoms with Crippen LogP contribution in [0.15, 0.2) is 6.07 Å². The van der Waals surface area contributed by atoms with Gasteiger partial charge in [0.15, 0.2) is 0 Å². The first kappa shape index (κ1) is 17.5. The number of hydrogen-bond donors (Lipinski definition) is 3. The lowest BCUT2D eigenvalue weighted by molar-refractivity contribution is 0.654. The molecule has 0 bridgehead atoms. The van der Waals surface area contributed by atoms with Crippen molar-refractivity contribution in [1.29, 1.82) is 0 Å². The number of fused-ring (bicyclic) bond motifs is 1. The molecule has 3 N–H and O–H groups in total. The zero-order chi connectivity index (χ0) is 17.9. The molecule has 1 fully saturated rings. The van der Waals surface area contributed by atoms with Crippen LogP contribution in [-0.2, 0) is 19.3 Å². The SMILES string of the molecule is Cc1cc(C[C@H](C)Nc2nc(C3CCCC3)nc3c2CCNCC3)n[nH]1. The molecule has 2 aliphatic rings. The van der Waals surface area contributed by atoms with Crippen LogP contribution in [0.4, 0.5) is 5.82 Å². The molecular formula is C20H30N6. The van der Waals surface area contributed by atoms with Gasteiger partial charge in [0, 0.05) is 42.6 Å². The summed E-state index contributed by atoms with van der Waals surface area (Å²) in [7, 11) is 0.